The lowest BCUT2D eigenvalue weighted by molar-refractivity contribution is -0.130. The first-order valence-corrected chi connectivity index (χ1v) is 7.80. The van der Waals surface area contributed by atoms with Crippen molar-refractivity contribution in [1.29, 1.82) is 0 Å². The van der Waals surface area contributed by atoms with Gasteiger partial charge in [0.25, 0.3) is 0 Å². The number of nitrogens with zero attached hydrogens (tertiary/aromatic N) is 2. The van der Waals surface area contributed by atoms with Crippen molar-refractivity contribution in [2.45, 2.75) is 40.0 Å². The van der Waals surface area contributed by atoms with E-state index in [4.69, 9.17) is 0 Å². The van der Waals surface area contributed by atoms with Crippen LogP contribution in [0.15, 0.2) is 23.3 Å². The van der Waals surface area contributed by atoms with E-state index in [0.29, 0.717) is 26.2 Å². The second-order valence-electron chi connectivity index (χ2n) is 6.73. The van der Waals surface area contributed by atoms with Crippen LogP contribution in [0.3, 0.4) is 0 Å². The summed E-state index contributed by atoms with van der Waals surface area (Å²) in [5.41, 5.74) is 2.88. The third-order valence-corrected chi connectivity index (χ3v) is 4.71. The summed E-state index contributed by atoms with van der Waals surface area (Å²) in [7, 11) is 0. The Morgan fingerprint density at radius 1 is 1.19 bits per heavy atom. The summed E-state index contributed by atoms with van der Waals surface area (Å²) in [6.07, 6.45) is 8.13. The number of hydrogen-bond acceptors (Lipinski definition) is 2. The first-order valence-electron chi connectivity index (χ1n) is 7.80. The highest BCUT2D eigenvalue weighted by molar-refractivity contribution is 5.88. The fraction of sp³-hybridized carbons (Fsp3) is 0.647. The van der Waals surface area contributed by atoms with E-state index in [0.717, 1.165) is 12.8 Å². The van der Waals surface area contributed by atoms with Crippen LogP contribution in [-0.2, 0) is 9.59 Å². The SMILES string of the molecule is CC1=C(C=CC(=O)N2CCN(C=O)CC2)C(C)(C)CCC1. The van der Waals surface area contributed by atoms with Gasteiger partial charge in [-0.15, -0.1) is 0 Å². The zero-order valence-corrected chi connectivity index (χ0v) is 13.4. The summed E-state index contributed by atoms with van der Waals surface area (Å²) in [5.74, 6) is 0.0576. The topological polar surface area (TPSA) is 40.6 Å². The largest absolute Gasteiger partial charge is 0.342 e. The molecule has 1 aliphatic carbocycles. The molecular formula is C17H26N2O2. The molecule has 0 N–H and O–H groups in total. The molecular weight excluding hydrogens is 264 g/mol. The van der Waals surface area contributed by atoms with Crippen molar-refractivity contribution < 1.29 is 9.59 Å². The Morgan fingerprint density at radius 2 is 1.86 bits per heavy atom. The second-order valence-corrected chi connectivity index (χ2v) is 6.73. The van der Waals surface area contributed by atoms with Crippen LogP contribution in [0.5, 0.6) is 0 Å². The fourth-order valence-electron chi connectivity index (χ4n) is 3.32. The van der Waals surface area contributed by atoms with E-state index in [2.05, 4.69) is 20.8 Å². The van der Waals surface area contributed by atoms with Gasteiger partial charge in [-0.2, -0.15) is 0 Å². The highest BCUT2D eigenvalue weighted by Crippen LogP contribution is 2.40. The smallest absolute Gasteiger partial charge is 0.246 e. The molecule has 1 aliphatic heterocycles. The minimum absolute atomic E-state index is 0.0576. The first-order chi connectivity index (χ1) is 9.94. The van der Waals surface area contributed by atoms with Crippen molar-refractivity contribution in [2.75, 3.05) is 26.2 Å². The Balaban J connectivity index is 2.00. The summed E-state index contributed by atoms with van der Waals surface area (Å²) in [5, 5.41) is 0. The molecule has 0 aromatic heterocycles. The van der Waals surface area contributed by atoms with E-state index < -0.39 is 0 Å². The van der Waals surface area contributed by atoms with Crippen LogP contribution in [0.2, 0.25) is 0 Å². The van der Waals surface area contributed by atoms with Crippen molar-refractivity contribution in [2.24, 2.45) is 5.41 Å². The first kappa shape index (κ1) is 15.8. The van der Waals surface area contributed by atoms with Crippen molar-refractivity contribution in [3.05, 3.63) is 23.3 Å². The Kier molecular flexibility index (Phi) is 4.86. The fourth-order valence-corrected chi connectivity index (χ4v) is 3.32. The van der Waals surface area contributed by atoms with E-state index in [-0.39, 0.29) is 11.3 Å². The van der Waals surface area contributed by atoms with Crippen molar-refractivity contribution in [1.82, 2.24) is 9.80 Å². The molecule has 0 atom stereocenters. The molecule has 2 aliphatic rings. The van der Waals surface area contributed by atoms with Crippen LogP contribution >= 0.6 is 0 Å². The number of allylic oxidation sites excluding steroid dienone is 3. The molecule has 1 saturated heterocycles. The molecule has 0 bridgehead atoms. The minimum Gasteiger partial charge on any atom is -0.342 e. The Labute approximate surface area is 127 Å². The molecule has 2 amide bonds. The number of carbonyl (C=O) groups excluding carboxylic acids is 2. The van der Waals surface area contributed by atoms with Gasteiger partial charge in [0, 0.05) is 32.3 Å². The summed E-state index contributed by atoms with van der Waals surface area (Å²) in [6, 6.07) is 0. The van der Waals surface area contributed by atoms with E-state index in [1.165, 1.54) is 24.0 Å². The Bertz CT molecular complexity index is 469. The van der Waals surface area contributed by atoms with E-state index in [1.54, 1.807) is 11.0 Å². The summed E-state index contributed by atoms with van der Waals surface area (Å²) >= 11 is 0. The van der Waals surface area contributed by atoms with Crippen LogP contribution in [-0.4, -0.2) is 48.3 Å². The lowest BCUT2D eigenvalue weighted by atomic mass is 9.72. The van der Waals surface area contributed by atoms with Gasteiger partial charge in [-0.05, 0) is 37.2 Å². The molecule has 2 rings (SSSR count). The summed E-state index contributed by atoms with van der Waals surface area (Å²) in [4.78, 5) is 26.5. The zero-order valence-electron chi connectivity index (χ0n) is 13.4. The standard InChI is InChI=1S/C17H26N2O2/c1-14-5-4-8-17(2,3)15(14)6-7-16(21)19-11-9-18(13-20)10-12-19/h6-7,13H,4-5,8-12H2,1-3H3. The number of hydrogen-bond donors (Lipinski definition) is 0. The molecule has 1 heterocycles. The molecule has 1 fully saturated rings. The third kappa shape index (κ3) is 3.74. The van der Waals surface area contributed by atoms with Gasteiger partial charge in [0.05, 0.1) is 0 Å². The highest BCUT2D eigenvalue weighted by Gasteiger charge is 2.27. The number of carbonyl (C=O) groups is 2. The van der Waals surface area contributed by atoms with Gasteiger partial charge in [0.1, 0.15) is 0 Å². The highest BCUT2D eigenvalue weighted by atomic mass is 16.2. The lowest BCUT2D eigenvalue weighted by Gasteiger charge is -2.33. The van der Waals surface area contributed by atoms with E-state index in [9.17, 15) is 9.59 Å². The normalized spacial score (nSPS) is 22.8. The molecule has 0 aromatic rings. The molecule has 0 spiro atoms. The van der Waals surface area contributed by atoms with Crippen LogP contribution < -0.4 is 0 Å². The lowest BCUT2D eigenvalue weighted by Crippen LogP contribution is -2.47. The predicted molar refractivity (Wildman–Crippen MR) is 83.7 cm³/mol. The Morgan fingerprint density at radius 3 is 2.43 bits per heavy atom. The number of rotatable bonds is 3. The van der Waals surface area contributed by atoms with Gasteiger partial charge >= 0.3 is 0 Å². The predicted octanol–water partition coefficient (Wildman–Crippen LogP) is 2.37. The van der Waals surface area contributed by atoms with Gasteiger partial charge < -0.3 is 9.80 Å². The quantitative estimate of drug-likeness (QED) is 0.591. The second kappa shape index (κ2) is 6.46. The van der Waals surface area contributed by atoms with E-state index in [1.807, 2.05) is 11.0 Å². The number of amides is 2. The Hall–Kier alpha value is -1.58. The van der Waals surface area contributed by atoms with Crippen LogP contribution in [0.4, 0.5) is 0 Å². The van der Waals surface area contributed by atoms with E-state index >= 15 is 0 Å². The average Bonchev–Trinajstić information content (AvgIpc) is 2.46. The van der Waals surface area contributed by atoms with Crippen LogP contribution in [0.25, 0.3) is 0 Å². The van der Waals surface area contributed by atoms with Gasteiger partial charge in [-0.1, -0.05) is 25.5 Å². The van der Waals surface area contributed by atoms with Crippen molar-refractivity contribution in [3.8, 4) is 0 Å². The average molecular weight is 290 g/mol. The minimum atomic E-state index is 0.0576. The molecule has 0 saturated carbocycles. The van der Waals surface area contributed by atoms with Gasteiger partial charge in [0.15, 0.2) is 0 Å². The summed E-state index contributed by atoms with van der Waals surface area (Å²) in [6.45, 7) is 9.21. The van der Waals surface area contributed by atoms with Crippen molar-refractivity contribution >= 4 is 12.3 Å². The number of piperazine rings is 1. The van der Waals surface area contributed by atoms with Gasteiger partial charge in [0.2, 0.25) is 12.3 Å². The molecule has 116 valence electrons. The molecule has 4 heteroatoms. The maximum atomic E-state index is 12.3. The van der Waals surface area contributed by atoms with Crippen molar-refractivity contribution in [3.63, 3.8) is 0 Å². The molecule has 0 radical (unpaired) electrons. The molecule has 21 heavy (non-hydrogen) atoms. The van der Waals surface area contributed by atoms with Gasteiger partial charge in [-0.3, -0.25) is 9.59 Å². The maximum Gasteiger partial charge on any atom is 0.246 e. The molecule has 0 unspecified atom stereocenters. The summed E-state index contributed by atoms with van der Waals surface area (Å²) < 4.78 is 0. The maximum absolute atomic E-state index is 12.3. The van der Waals surface area contributed by atoms with Gasteiger partial charge in [-0.25, -0.2) is 0 Å². The monoisotopic (exact) mass is 290 g/mol. The molecule has 4 nitrogen and oxygen atoms in total. The molecule has 0 aromatic carbocycles. The third-order valence-electron chi connectivity index (χ3n) is 4.71. The van der Waals surface area contributed by atoms with Crippen LogP contribution in [0, 0.1) is 5.41 Å². The zero-order chi connectivity index (χ0) is 15.5. The van der Waals surface area contributed by atoms with Crippen LogP contribution in [0.1, 0.15) is 40.0 Å².